The van der Waals surface area contributed by atoms with Crippen molar-refractivity contribution in [3.8, 4) is 0 Å². The lowest BCUT2D eigenvalue weighted by molar-refractivity contribution is -0.0544. The van der Waals surface area contributed by atoms with Crippen LogP contribution >= 0.6 is 0 Å². The van der Waals surface area contributed by atoms with Gasteiger partial charge in [-0.1, -0.05) is 6.92 Å². The average Bonchev–Trinajstić information content (AvgIpc) is 1.76. The smallest absolute Gasteiger partial charge is 0.0136 e. The van der Waals surface area contributed by atoms with Crippen LogP contribution in [0.3, 0.4) is 0 Å². The molecule has 0 radical (unpaired) electrons. The predicted molar refractivity (Wildman–Crippen MR) is 33.8 cm³/mol. The van der Waals surface area contributed by atoms with Gasteiger partial charge >= 0.3 is 0 Å². The van der Waals surface area contributed by atoms with Crippen LogP contribution in [0.1, 0.15) is 19.8 Å². The molecule has 0 N–H and O–H groups in total. The lowest BCUT2D eigenvalue weighted by Gasteiger charge is -2.55. The van der Waals surface area contributed by atoms with Crippen LogP contribution in [-0.4, -0.2) is 24.0 Å². The second-order valence-electron chi connectivity index (χ2n) is 2.99. The van der Waals surface area contributed by atoms with Crippen LogP contribution in [0, 0.1) is 5.92 Å². The van der Waals surface area contributed by atoms with E-state index in [1.54, 1.807) is 0 Å². The molecule has 1 heteroatoms. The van der Waals surface area contributed by atoms with Crippen LogP contribution in [0.15, 0.2) is 0 Å². The molecule has 1 heterocycles. The van der Waals surface area contributed by atoms with E-state index >= 15 is 0 Å². The topological polar surface area (TPSA) is 3.24 Å². The summed E-state index contributed by atoms with van der Waals surface area (Å²) in [6, 6.07) is 1.03. The number of fused-ring (bicyclic) bond motifs is 1. The maximum atomic E-state index is 2.58. The summed E-state index contributed by atoms with van der Waals surface area (Å²) in [5, 5.41) is 0. The van der Waals surface area contributed by atoms with Crippen molar-refractivity contribution in [3.05, 3.63) is 0 Å². The van der Waals surface area contributed by atoms with Gasteiger partial charge in [-0.25, -0.2) is 0 Å². The maximum Gasteiger partial charge on any atom is 0.0136 e. The first-order chi connectivity index (χ1) is 3.92. The van der Waals surface area contributed by atoms with E-state index in [9.17, 15) is 0 Å². The van der Waals surface area contributed by atoms with Crippen molar-refractivity contribution < 1.29 is 0 Å². The summed E-state index contributed by atoms with van der Waals surface area (Å²) in [5.74, 6) is 1.12. The molecule has 0 aromatic heterocycles. The van der Waals surface area contributed by atoms with Gasteiger partial charge in [0.15, 0.2) is 0 Å². The number of nitrogens with zero attached hydrogens (tertiary/aromatic N) is 1. The van der Waals surface area contributed by atoms with E-state index in [0.717, 1.165) is 12.0 Å². The Morgan fingerprint density at radius 3 is 2.50 bits per heavy atom. The molecule has 2 aliphatic rings. The normalized spacial score (nSPS) is 44.6. The highest BCUT2D eigenvalue weighted by Crippen LogP contribution is 2.40. The Balaban J connectivity index is 1.89. The quantitative estimate of drug-likeness (QED) is 0.490. The zero-order valence-electron chi connectivity index (χ0n) is 5.43. The molecule has 8 heavy (non-hydrogen) atoms. The Kier molecular flexibility index (Phi) is 0.884. The van der Waals surface area contributed by atoms with Crippen LogP contribution in [0.2, 0.25) is 0 Å². The number of rotatable bonds is 1. The Labute approximate surface area is 50.7 Å². The molecule has 0 aromatic rings. The summed E-state index contributed by atoms with van der Waals surface area (Å²) in [6.07, 6.45) is 3.00. The molecular formula is C7H13N. The summed E-state index contributed by atoms with van der Waals surface area (Å²) < 4.78 is 0. The highest BCUT2D eigenvalue weighted by molar-refractivity contribution is 4.98. The van der Waals surface area contributed by atoms with Gasteiger partial charge in [-0.05, 0) is 25.3 Å². The molecule has 2 unspecified atom stereocenters. The van der Waals surface area contributed by atoms with Gasteiger partial charge in [0.2, 0.25) is 0 Å². The molecule has 1 aliphatic carbocycles. The minimum Gasteiger partial charge on any atom is -0.300 e. The van der Waals surface area contributed by atoms with Crippen molar-refractivity contribution >= 4 is 0 Å². The Hall–Kier alpha value is -0.0400. The molecule has 1 aliphatic heterocycles. The zero-order chi connectivity index (χ0) is 5.56. The molecule has 2 atom stereocenters. The highest BCUT2D eigenvalue weighted by Gasteiger charge is 2.43. The molecular weight excluding hydrogens is 98.1 g/mol. The molecule has 46 valence electrons. The molecule has 0 amide bonds. The van der Waals surface area contributed by atoms with E-state index < -0.39 is 0 Å². The summed E-state index contributed by atoms with van der Waals surface area (Å²) in [4.78, 5) is 2.58. The van der Waals surface area contributed by atoms with Gasteiger partial charge < -0.3 is 4.90 Å². The monoisotopic (exact) mass is 111 g/mol. The van der Waals surface area contributed by atoms with Crippen molar-refractivity contribution in [3.63, 3.8) is 0 Å². The molecule has 0 bridgehead atoms. The highest BCUT2D eigenvalue weighted by atomic mass is 15.2. The minimum absolute atomic E-state index is 1.03. The first-order valence-corrected chi connectivity index (χ1v) is 3.66. The lowest BCUT2D eigenvalue weighted by atomic mass is 9.71. The van der Waals surface area contributed by atoms with E-state index in [4.69, 9.17) is 0 Å². The SMILES string of the molecule is CCN1CC2CCC21. The largest absolute Gasteiger partial charge is 0.300 e. The van der Waals surface area contributed by atoms with Crippen LogP contribution in [-0.2, 0) is 0 Å². The first kappa shape index (κ1) is 4.80. The third kappa shape index (κ3) is 0.408. The van der Waals surface area contributed by atoms with Gasteiger partial charge in [0.05, 0.1) is 0 Å². The molecule has 0 spiro atoms. The second kappa shape index (κ2) is 1.47. The van der Waals surface area contributed by atoms with Crippen LogP contribution < -0.4 is 0 Å². The van der Waals surface area contributed by atoms with E-state index in [2.05, 4.69) is 11.8 Å². The van der Waals surface area contributed by atoms with E-state index in [-0.39, 0.29) is 0 Å². The Bertz CT molecular complexity index is 98.6. The van der Waals surface area contributed by atoms with Gasteiger partial charge in [-0.15, -0.1) is 0 Å². The maximum absolute atomic E-state index is 2.58. The Morgan fingerprint density at radius 2 is 2.38 bits per heavy atom. The third-order valence-corrected chi connectivity index (χ3v) is 2.72. The fraction of sp³-hybridized carbons (Fsp3) is 1.00. The Morgan fingerprint density at radius 1 is 1.50 bits per heavy atom. The van der Waals surface area contributed by atoms with Crippen molar-refractivity contribution in [2.24, 2.45) is 5.92 Å². The van der Waals surface area contributed by atoms with Crippen molar-refractivity contribution in [1.29, 1.82) is 0 Å². The van der Waals surface area contributed by atoms with Gasteiger partial charge in [-0.2, -0.15) is 0 Å². The average molecular weight is 111 g/mol. The second-order valence-corrected chi connectivity index (χ2v) is 2.99. The molecule has 2 fully saturated rings. The van der Waals surface area contributed by atoms with Crippen molar-refractivity contribution in [1.82, 2.24) is 4.90 Å². The number of piperidine rings is 1. The first-order valence-electron chi connectivity index (χ1n) is 3.66. The van der Waals surface area contributed by atoms with E-state index in [1.807, 2.05) is 0 Å². The molecule has 1 saturated carbocycles. The fourth-order valence-electron chi connectivity index (χ4n) is 1.91. The van der Waals surface area contributed by atoms with Gasteiger partial charge in [0.1, 0.15) is 0 Å². The van der Waals surface area contributed by atoms with Crippen LogP contribution in [0.4, 0.5) is 0 Å². The van der Waals surface area contributed by atoms with Crippen molar-refractivity contribution in [2.45, 2.75) is 25.8 Å². The molecule has 0 aromatic carbocycles. The zero-order valence-corrected chi connectivity index (χ0v) is 5.43. The third-order valence-electron chi connectivity index (χ3n) is 2.72. The summed E-state index contributed by atoms with van der Waals surface area (Å²) in [5.41, 5.74) is 0. The summed E-state index contributed by atoms with van der Waals surface area (Å²) in [7, 11) is 0. The van der Waals surface area contributed by atoms with Gasteiger partial charge in [0.25, 0.3) is 0 Å². The van der Waals surface area contributed by atoms with Gasteiger partial charge in [0, 0.05) is 12.6 Å². The summed E-state index contributed by atoms with van der Waals surface area (Å²) in [6.45, 7) is 4.94. The number of likely N-dealkylation sites (tertiary alicyclic amines) is 1. The number of hydrogen-bond acceptors (Lipinski definition) is 1. The molecule has 1 nitrogen and oxygen atoms in total. The van der Waals surface area contributed by atoms with Gasteiger partial charge in [-0.3, -0.25) is 0 Å². The standard InChI is InChI=1S/C7H13N/c1-2-8-5-6-3-4-7(6)8/h6-7H,2-5H2,1H3. The fourth-order valence-corrected chi connectivity index (χ4v) is 1.91. The van der Waals surface area contributed by atoms with Crippen LogP contribution in [0.25, 0.3) is 0 Å². The molecule has 2 rings (SSSR count). The predicted octanol–water partition coefficient (Wildman–Crippen LogP) is 1.10. The van der Waals surface area contributed by atoms with Crippen molar-refractivity contribution in [2.75, 3.05) is 13.1 Å². The van der Waals surface area contributed by atoms with E-state index in [0.29, 0.717) is 0 Å². The summed E-state index contributed by atoms with van der Waals surface area (Å²) >= 11 is 0. The number of hydrogen-bond donors (Lipinski definition) is 0. The van der Waals surface area contributed by atoms with Crippen LogP contribution in [0.5, 0.6) is 0 Å². The minimum atomic E-state index is 1.03. The lowest BCUT2D eigenvalue weighted by Crippen LogP contribution is -2.61. The van der Waals surface area contributed by atoms with E-state index in [1.165, 1.54) is 25.9 Å². The molecule has 1 saturated heterocycles.